The molecule has 1 heterocycles. The van der Waals surface area contributed by atoms with Gasteiger partial charge in [-0.3, -0.25) is 0 Å². The van der Waals surface area contributed by atoms with Crippen molar-refractivity contribution in [2.45, 2.75) is 98.8 Å². The molecule has 1 aromatic heterocycles. The zero-order valence-electron chi connectivity index (χ0n) is 20.6. The van der Waals surface area contributed by atoms with E-state index in [1.165, 1.54) is 57.4 Å². The van der Waals surface area contributed by atoms with Crippen molar-refractivity contribution >= 4 is 22.0 Å². The van der Waals surface area contributed by atoms with Crippen LogP contribution in [0.15, 0.2) is 34.8 Å². The number of rotatable bonds is 15. The Balaban J connectivity index is 2.37. The Morgan fingerprint density at radius 1 is 0.938 bits per heavy atom. The van der Waals surface area contributed by atoms with Gasteiger partial charge in [-0.15, -0.1) is 0 Å². The molecule has 174 valence electrons. The summed E-state index contributed by atoms with van der Waals surface area (Å²) in [5.74, 6) is 1.39. The van der Waals surface area contributed by atoms with Crippen LogP contribution in [0.25, 0.3) is 3.59 Å². The number of hydrogen-bond donors (Lipinski definition) is 0. The number of aromatic nitrogens is 2. The van der Waals surface area contributed by atoms with Crippen molar-refractivity contribution in [1.29, 1.82) is 5.26 Å². The van der Waals surface area contributed by atoms with Crippen LogP contribution < -0.4 is 0 Å². The van der Waals surface area contributed by atoms with E-state index >= 15 is 0 Å². The standard InChI is InChI=1S/C15H14N3O.3C4H9.Sn/c1-12-17-18-15(19-12)6-4-2-3-5-13-7-9-14(11-16)10-8-13;3*1-3-4-2;/h3,7-10H,2,4,6H2,1H3;3*1,3-4H2,2H3;. The number of aryl methyl sites for hydroxylation is 2. The molecule has 2 aromatic rings. The van der Waals surface area contributed by atoms with Gasteiger partial charge in [-0.05, 0) is 0 Å². The van der Waals surface area contributed by atoms with E-state index in [2.05, 4.69) is 55.2 Å². The molecule has 0 aliphatic heterocycles. The molecule has 0 unspecified atom stereocenters. The van der Waals surface area contributed by atoms with Gasteiger partial charge in [-0.2, -0.15) is 0 Å². The molecule has 0 amide bonds. The fourth-order valence-electron chi connectivity index (χ4n) is 4.63. The maximum atomic E-state index is 9.29. The van der Waals surface area contributed by atoms with Crippen molar-refractivity contribution in [3.8, 4) is 6.07 Å². The van der Waals surface area contributed by atoms with Crippen molar-refractivity contribution in [3.63, 3.8) is 0 Å². The second kappa shape index (κ2) is 14.5. The molecule has 0 saturated carbocycles. The monoisotopic (exact) mass is 543 g/mol. The minimum absolute atomic E-state index is 0.641. The molecule has 0 N–H and O–H groups in total. The molecule has 0 aliphatic rings. The SMILES string of the molecule is CCC[CH2][Sn]([CH2]CCC)([CH2]CCC)/[C](=C/CCCc1nnc(C)o1)c1ccc(C#N)cc1. The molecule has 0 radical (unpaired) electrons. The first kappa shape index (κ1) is 26.6. The van der Waals surface area contributed by atoms with E-state index in [-0.39, 0.29) is 0 Å². The molecule has 0 saturated heterocycles. The summed E-state index contributed by atoms with van der Waals surface area (Å²) in [6, 6.07) is 10.7. The summed E-state index contributed by atoms with van der Waals surface area (Å²) >= 11 is -2.61. The van der Waals surface area contributed by atoms with Crippen molar-refractivity contribution in [1.82, 2.24) is 10.2 Å². The van der Waals surface area contributed by atoms with Crippen LogP contribution in [-0.4, -0.2) is 28.6 Å². The van der Waals surface area contributed by atoms with Crippen LogP contribution in [0.3, 0.4) is 0 Å². The number of hydrogen-bond acceptors (Lipinski definition) is 4. The predicted octanol–water partition coefficient (Wildman–Crippen LogP) is 8.04. The Labute approximate surface area is 199 Å². The van der Waals surface area contributed by atoms with E-state index in [0.717, 1.165) is 30.7 Å². The molecular formula is C27H41N3OSn. The van der Waals surface area contributed by atoms with Crippen LogP contribution >= 0.6 is 0 Å². The summed E-state index contributed by atoms with van der Waals surface area (Å²) in [5, 5.41) is 17.4. The third kappa shape index (κ3) is 8.06. The van der Waals surface area contributed by atoms with Crippen LogP contribution in [0.2, 0.25) is 13.3 Å². The maximum absolute atomic E-state index is 9.29. The van der Waals surface area contributed by atoms with Crippen molar-refractivity contribution in [3.05, 3.63) is 53.2 Å². The van der Waals surface area contributed by atoms with Crippen molar-refractivity contribution in [2.24, 2.45) is 0 Å². The molecule has 0 spiro atoms. The first-order valence-electron chi connectivity index (χ1n) is 12.6. The van der Waals surface area contributed by atoms with Gasteiger partial charge in [-0.25, -0.2) is 0 Å². The van der Waals surface area contributed by atoms with Gasteiger partial charge in [0.2, 0.25) is 0 Å². The summed E-state index contributed by atoms with van der Waals surface area (Å²) in [6.45, 7) is 8.83. The van der Waals surface area contributed by atoms with Crippen LogP contribution in [0.5, 0.6) is 0 Å². The molecule has 4 nitrogen and oxygen atoms in total. The number of nitrogens with zero attached hydrogens (tertiary/aromatic N) is 3. The summed E-state index contributed by atoms with van der Waals surface area (Å²) < 4.78 is 11.6. The number of unbranched alkanes of at least 4 members (excludes halogenated alkanes) is 4. The van der Waals surface area contributed by atoms with Crippen LogP contribution in [0, 0.1) is 18.3 Å². The molecule has 0 atom stereocenters. The average molecular weight is 542 g/mol. The fraction of sp³-hybridized carbons (Fsp3) is 0.593. The Kier molecular flexibility index (Phi) is 12.1. The fourth-order valence-corrected chi connectivity index (χ4v) is 21.8. The average Bonchev–Trinajstić information content (AvgIpc) is 3.24. The Morgan fingerprint density at radius 3 is 2.00 bits per heavy atom. The molecule has 2 rings (SSSR count). The number of benzene rings is 1. The van der Waals surface area contributed by atoms with Crippen LogP contribution in [0.1, 0.15) is 95.0 Å². The Bertz CT molecular complexity index is 842. The zero-order valence-corrected chi connectivity index (χ0v) is 23.5. The van der Waals surface area contributed by atoms with Crippen molar-refractivity contribution < 1.29 is 4.42 Å². The predicted molar refractivity (Wildman–Crippen MR) is 136 cm³/mol. The first-order valence-corrected chi connectivity index (χ1v) is 20.1. The Morgan fingerprint density at radius 2 is 1.53 bits per heavy atom. The third-order valence-corrected chi connectivity index (χ3v) is 22.3. The van der Waals surface area contributed by atoms with E-state index in [1.54, 1.807) is 3.59 Å². The van der Waals surface area contributed by atoms with Gasteiger partial charge < -0.3 is 0 Å². The zero-order chi connectivity index (χ0) is 23.2. The van der Waals surface area contributed by atoms with Gasteiger partial charge in [0.15, 0.2) is 0 Å². The van der Waals surface area contributed by atoms with Gasteiger partial charge in [0.25, 0.3) is 0 Å². The molecule has 32 heavy (non-hydrogen) atoms. The molecule has 0 bridgehead atoms. The molecular weight excluding hydrogens is 501 g/mol. The topological polar surface area (TPSA) is 62.7 Å². The van der Waals surface area contributed by atoms with Crippen LogP contribution in [-0.2, 0) is 6.42 Å². The van der Waals surface area contributed by atoms with E-state index in [0.29, 0.717) is 5.89 Å². The van der Waals surface area contributed by atoms with Gasteiger partial charge in [0.1, 0.15) is 0 Å². The third-order valence-electron chi connectivity index (χ3n) is 6.43. The summed E-state index contributed by atoms with van der Waals surface area (Å²) in [5.41, 5.74) is 2.12. The second-order valence-corrected chi connectivity index (χ2v) is 22.1. The van der Waals surface area contributed by atoms with E-state index in [9.17, 15) is 5.26 Å². The number of nitriles is 1. The quantitative estimate of drug-likeness (QED) is 0.169. The van der Waals surface area contributed by atoms with E-state index < -0.39 is 18.4 Å². The first-order chi connectivity index (χ1) is 15.6. The second-order valence-electron chi connectivity index (χ2n) is 9.00. The molecule has 1 aromatic carbocycles. The minimum atomic E-state index is -2.61. The van der Waals surface area contributed by atoms with Crippen molar-refractivity contribution in [2.75, 3.05) is 0 Å². The van der Waals surface area contributed by atoms with Gasteiger partial charge in [0, 0.05) is 0 Å². The van der Waals surface area contributed by atoms with Gasteiger partial charge in [0.05, 0.1) is 0 Å². The van der Waals surface area contributed by atoms with Gasteiger partial charge >= 0.3 is 200 Å². The van der Waals surface area contributed by atoms with Crippen LogP contribution in [0.4, 0.5) is 0 Å². The number of allylic oxidation sites excluding steroid dienone is 1. The summed E-state index contributed by atoms with van der Waals surface area (Å²) in [6.07, 6.45) is 13.3. The summed E-state index contributed by atoms with van der Waals surface area (Å²) in [7, 11) is 0. The molecule has 5 heteroatoms. The normalized spacial score (nSPS) is 12.2. The molecule has 0 aliphatic carbocycles. The Hall–Kier alpha value is -1.61. The van der Waals surface area contributed by atoms with E-state index in [1.807, 2.05) is 19.1 Å². The van der Waals surface area contributed by atoms with Gasteiger partial charge in [-0.1, -0.05) is 0 Å². The van der Waals surface area contributed by atoms with E-state index in [4.69, 9.17) is 4.42 Å². The molecule has 0 fully saturated rings. The summed E-state index contributed by atoms with van der Waals surface area (Å²) in [4.78, 5) is 0.